The van der Waals surface area contributed by atoms with E-state index < -0.39 is 0 Å². The molecule has 20 heavy (non-hydrogen) atoms. The summed E-state index contributed by atoms with van der Waals surface area (Å²) >= 11 is 3.43. The molecule has 1 aromatic heterocycles. The number of rotatable bonds is 3. The Morgan fingerprint density at radius 2 is 1.90 bits per heavy atom. The van der Waals surface area contributed by atoms with Gasteiger partial charge in [-0.05, 0) is 47.0 Å². The van der Waals surface area contributed by atoms with Crippen LogP contribution in [0.25, 0.3) is 16.8 Å². The molecule has 0 bridgehead atoms. The second-order valence-electron chi connectivity index (χ2n) is 4.46. The van der Waals surface area contributed by atoms with E-state index in [0.29, 0.717) is 0 Å². The van der Waals surface area contributed by atoms with Crippen LogP contribution in [0.2, 0.25) is 0 Å². The van der Waals surface area contributed by atoms with E-state index in [0.717, 1.165) is 26.9 Å². The number of aromatic nitrogens is 2. The van der Waals surface area contributed by atoms with Crippen LogP contribution in [0, 0.1) is 0 Å². The molecule has 0 aliphatic rings. The van der Waals surface area contributed by atoms with Crippen molar-refractivity contribution < 1.29 is 5.11 Å². The normalized spacial score (nSPS) is 10.7. The van der Waals surface area contributed by atoms with E-state index in [2.05, 4.69) is 21.0 Å². The van der Waals surface area contributed by atoms with Crippen LogP contribution >= 0.6 is 15.9 Å². The summed E-state index contributed by atoms with van der Waals surface area (Å²) in [6.07, 6.45) is 3.62. The van der Waals surface area contributed by atoms with Crippen molar-refractivity contribution in [2.75, 3.05) is 0 Å². The molecule has 0 radical (unpaired) electrons. The van der Waals surface area contributed by atoms with Crippen LogP contribution < -0.4 is 0 Å². The molecule has 0 fully saturated rings. The van der Waals surface area contributed by atoms with Crippen molar-refractivity contribution in [3.8, 4) is 16.8 Å². The second kappa shape index (κ2) is 5.61. The lowest BCUT2D eigenvalue weighted by Gasteiger charge is -2.10. The zero-order chi connectivity index (χ0) is 13.9. The first kappa shape index (κ1) is 13.1. The summed E-state index contributed by atoms with van der Waals surface area (Å²) in [4.78, 5) is 0. The molecule has 0 spiro atoms. The maximum absolute atomic E-state index is 9.62. The number of hydrogen-bond acceptors (Lipinski definition) is 2. The standard InChI is InChI=1S/C16H13BrN2O/c17-14-4-2-12(3-5-14)16-7-6-15(10-13(16)11-20)19-9-1-8-18-19/h1-10,20H,11H2. The van der Waals surface area contributed by atoms with E-state index in [9.17, 15) is 5.11 Å². The average molecular weight is 329 g/mol. The predicted molar refractivity (Wildman–Crippen MR) is 82.6 cm³/mol. The highest BCUT2D eigenvalue weighted by Crippen LogP contribution is 2.27. The Bertz CT molecular complexity index is 706. The van der Waals surface area contributed by atoms with E-state index in [4.69, 9.17) is 0 Å². The van der Waals surface area contributed by atoms with Crippen molar-refractivity contribution >= 4 is 15.9 Å². The Morgan fingerprint density at radius 3 is 2.55 bits per heavy atom. The van der Waals surface area contributed by atoms with Gasteiger partial charge in [0.1, 0.15) is 0 Å². The fourth-order valence-electron chi connectivity index (χ4n) is 2.19. The molecule has 1 heterocycles. The minimum atomic E-state index is 0.000502. The van der Waals surface area contributed by atoms with Gasteiger partial charge in [0.25, 0.3) is 0 Å². The van der Waals surface area contributed by atoms with Crippen molar-refractivity contribution in [1.82, 2.24) is 9.78 Å². The minimum Gasteiger partial charge on any atom is -0.392 e. The number of benzene rings is 2. The summed E-state index contributed by atoms with van der Waals surface area (Å²) in [6, 6.07) is 15.9. The van der Waals surface area contributed by atoms with Gasteiger partial charge in [-0.2, -0.15) is 5.10 Å². The lowest BCUT2D eigenvalue weighted by molar-refractivity contribution is 0.282. The Morgan fingerprint density at radius 1 is 1.10 bits per heavy atom. The van der Waals surface area contributed by atoms with Gasteiger partial charge in [-0.15, -0.1) is 0 Å². The van der Waals surface area contributed by atoms with Gasteiger partial charge in [0, 0.05) is 16.9 Å². The number of aliphatic hydroxyl groups excluding tert-OH is 1. The predicted octanol–water partition coefficient (Wildman–Crippen LogP) is 3.79. The van der Waals surface area contributed by atoms with Crippen molar-refractivity contribution in [3.63, 3.8) is 0 Å². The van der Waals surface area contributed by atoms with Gasteiger partial charge < -0.3 is 5.11 Å². The first-order valence-electron chi connectivity index (χ1n) is 6.27. The van der Waals surface area contributed by atoms with Crippen molar-refractivity contribution in [2.24, 2.45) is 0 Å². The van der Waals surface area contributed by atoms with Gasteiger partial charge >= 0.3 is 0 Å². The molecular weight excluding hydrogens is 316 g/mol. The SMILES string of the molecule is OCc1cc(-n2cccn2)ccc1-c1ccc(Br)cc1. The lowest BCUT2D eigenvalue weighted by atomic mass is 9.99. The first-order valence-corrected chi connectivity index (χ1v) is 7.07. The molecule has 3 nitrogen and oxygen atoms in total. The number of hydrogen-bond donors (Lipinski definition) is 1. The van der Waals surface area contributed by atoms with Gasteiger partial charge in [0.15, 0.2) is 0 Å². The molecule has 0 saturated carbocycles. The van der Waals surface area contributed by atoms with Crippen molar-refractivity contribution in [1.29, 1.82) is 0 Å². The smallest absolute Gasteiger partial charge is 0.0688 e. The van der Waals surface area contributed by atoms with Crippen LogP contribution in [0.4, 0.5) is 0 Å². The summed E-state index contributed by atoms with van der Waals surface area (Å²) in [6.45, 7) is 0.000502. The molecule has 0 saturated heterocycles. The molecule has 4 heteroatoms. The third kappa shape index (κ3) is 2.53. The molecule has 0 unspecified atom stereocenters. The lowest BCUT2D eigenvalue weighted by Crippen LogP contribution is -1.97. The highest BCUT2D eigenvalue weighted by Gasteiger charge is 2.07. The number of aliphatic hydroxyl groups is 1. The Hall–Kier alpha value is -1.91. The van der Waals surface area contributed by atoms with Crippen molar-refractivity contribution in [3.05, 3.63) is 71.0 Å². The van der Waals surface area contributed by atoms with E-state index >= 15 is 0 Å². The quantitative estimate of drug-likeness (QED) is 0.794. The molecule has 3 aromatic rings. The summed E-state index contributed by atoms with van der Waals surface area (Å²) in [5, 5.41) is 13.8. The summed E-state index contributed by atoms with van der Waals surface area (Å²) < 4.78 is 2.82. The highest BCUT2D eigenvalue weighted by atomic mass is 79.9. The average Bonchev–Trinajstić information content (AvgIpc) is 3.02. The highest BCUT2D eigenvalue weighted by molar-refractivity contribution is 9.10. The van der Waals surface area contributed by atoms with E-state index in [-0.39, 0.29) is 6.61 Å². The monoisotopic (exact) mass is 328 g/mol. The molecule has 1 N–H and O–H groups in total. The van der Waals surface area contributed by atoms with Gasteiger partial charge in [0.2, 0.25) is 0 Å². The van der Waals surface area contributed by atoms with Crippen LogP contribution in [0.5, 0.6) is 0 Å². The van der Waals surface area contributed by atoms with Gasteiger partial charge in [-0.25, -0.2) is 4.68 Å². The van der Waals surface area contributed by atoms with Crippen LogP contribution in [0.3, 0.4) is 0 Å². The molecule has 0 aliphatic heterocycles. The van der Waals surface area contributed by atoms with Gasteiger partial charge in [-0.1, -0.05) is 34.1 Å². The van der Waals surface area contributed by atoms with Crippen molar-refractivity contribution in [2.45, 2.75) is 6.61 Å². The van der Waals surface area contributed by atoms with Crippen LogP contribution in [-0.2, 0) is 6.61 Å². The summed E-state index contributed by atoms with van der Waals surface area (Å²) in [5.74, 6) is 0. The second-order valence-corrected chi connectivity index (χ2v) is 5.37. The van der Waals surface area contributed by atoms with Gasteiger partial charge in [0.05, 0.1) is 12.3 Å². The maximum atomic E-state index is 9.62. The van der Waals surface area contributed by atoms with E-state index in [1.807, 2.05) is 54.7 Å². The third-order valence-electron chi connectivity index (χ3n) is 3.18. The molecule has 0 amide bonds. The Kier molecular flexibility index (Phi) is 3.67. The summed E-state index contributed by atoms with van der Waals surface area (Å²) in [5.41, 5.74) is 3.96. The molecular formula is C16H13BrN2O. The topological polar surface area (TPSA) is 38.0 Å². The molecule has 2 aromatic carbocycles. The minimum absolute atomic E-state index is 0.000502. The first-order chi connectivity index (χ1) is 9.78. The van der Waals surface area contributed by atoms with Crippen LogP contribution in [0.1, 0.15) is 5.56 Å². The maximum Gasteiger partial charge on any atom is 0.0688 e. The largest absolute Gasteiger partial charge is 0.392 e. The van der Waals surface area contributed by atoms with Gasteiger partial charge in [-0.3, -0.25) is 0 Å². The number of halogens is 1. The third-order valence-corrected chi connectivity index (χ3v) is 3.71. The zero-order valence-corrected chi connectivity index (χ0v) is 12.3. The Labute approximate surface area is 125 Å². The van der Waals surface area contributed by atoms with Crippen LogP contribution in [0.15, 0.2) is 65.4 Å². The molecule has 0 atom stereocenters. The molecule has 100 valence electrons. The fraction of sp³-hybridized carbons (Fsp3) is 0.0625. The molecule has 3 rings (SSSR count). The van der Waals surface area contributed by atoms with E-state index in [1.165, 1.54) is 0 Å². The summed E-state index contributed by atoms with van der Waals surface area (Å²) in [7, 11) is 0. The molecule has 0 aliphatic carbocycles. The fourth-order valence-corrected chi connectivity index (χ4v) is 2.45. The van der Waals surface area contributed by atoms with E-state index in [1.54, 1.807) is 10.9 Å². The zero-order valence-electron chi connectivity index (χ0n) is 10.7. The Balaban J connectivity index is 2.06. The van der Waals surface area contributed by atoms with Crippen LogP contribution in [-0.4, -0.2) is 14.9 Å². The number of nitrogens with zero attached hydrogens (tertiary/aromatic N) is 2.